The summed E-state index contributed by atoms with van der Waals surface area (Å²) in [6, 6.07) is 6.36. The van der Waals surface area contributed by atoms with E-state index in [1.807, 2.05) is 0 Å². The Balaban J connectivity index is 2.11. The Kier molecular flexibility index (Phi) is 4.31. The van der Waals surface area contributed by atoms with E-state index in [1.165, 1.54) is 12.1 Å². The predicted octanol–water partition coefficient (Wildman–Crippen LogP) is 1.36. The molecule has 2 rings (SSSR count). The molecule has 0 saturated carbocycles. The van der Waals surface area contributed by atoms with Crippen molar-refractivity contribution in [3.63, 3.8) is 0 Å². The molecule has 2 aromatic rings. The van der Waals surface area contributed by atoms with Gasteiger partial charge in [0.15, 0.2) is 11.6 Å². The Labute approximate surface area is 113 Å². The average molecular weight is 282 g/mol. The molecule has 0 atom stereocenters. The fourth-order valence-corrected chi connectivity index (χ4v) is 1.59. The molecule has 104 valence electrons. The maximum absolute atomic E-state index is 13.6. The summed E-state index contributed by atoms with van der Waals surface area (Å²) in [5.41, 5.74) is 0.109. The largest absolute Gasteiger partial charge is 0.488 e. The third-order valence-corrected chi connectivity index (χ3v) is 2.65. The molecule has 0 bridgehead atoms. The SMILES string of the molecule is OB(O)c1ccc(COc2ccc(F)cc2F)c(F)c1. The summed E-state index contributed by atoms with van der Waals surface area (Å²) in [6.45, 7) is -0.268. The molecule has 2 N–H and O–H groups in total. The van der Waals surface area contributed by atoms with E-state index < -0.39 is 24.6 Å². The number of ether oxygens (including phenoxy) is 1. The van der Waals surface area contributed by atoms with Gasteiger partial charge in [0.2, 0.25) is 0 Å². The van der Waals surface area contributed by atoms with Crippen LogP contribution in [0.25, 0.3) is 0 Å². The molecule has 7 heteroatoms. The first kappa shape index (κ1) is 14.4. The van der Waals surface area contributed by atoms with Crippen LogP contribution in [0.2, 0.25) is 0 Å². The number of halogens is 3. The summed E-state index contributed by atoms with van der Waals surface area (Å²) < 4.78 is 44.7. The van der Waals surface area contributed by atoms with Crippen molar-refractivity contribution in [3.05, 3.63) is 59.4 Å². The van der Waals surface area contributed by atoms with E-state index in [4.69, 9.17) is 14.8 Å². The van der Waals surface area contributed by atoms with E-state index in [9.17, 15) is 13.2 Å². The van der Waals surface area contributed by atoms with Crippen LogP contribution in [0.4, 0.5) is 13.2 Å². The van der Waals surface area contributed by atoms with Gasteiger partial charge in [0.25, 0.3) is 0 Å². The van der Waals surface area contributed by atoms with Gasteiger partial charge in [0.1, 0.15) is 18.2 Å². The van der Waals surface area contributed by atoms with Crippen molar-refractivity contribution in [3.8, 4) is 5.75 Å². The summed E-state index contributed by atoms with van der Waals surface area (Å²) >= 11 is 0. The van der Waals surface area contributed by atoms with Crippen molar-refractivity contribution < 1.29 is 28.0 Å². The van der Waals surface area contributed by atoms with Gasteiger partial charge in [-0.2, -0.15) is 0 Å². The van der Waals surface area contributed by atoms with Crippen LogP contribution in [0.15, 0.2) is 36.4 Å². The van der Waals surface area contributed by atoms with Crippen molar-refractivity contribution in [2.24, 2.45) is 0 Å². The van der Waals surface area contributed by atoms with E-state index in [2.05, 4.69) is 0 Å². The fourth-order valence-electron chi connectivity index (χ4n) is 1.59. The monoisotopic (exact) mass is 282 g/mol. The van der Waals surface area contributed by atoms with Crippen LogP contribution in [0.5, 0.6) is 5.75 Å². The van der Waals surface area contributed by atoms with Crippen molar-refractivity contribution in [1.29, 1.82) is 0 Å². The Morgan fingerprint density at radius 1 is 0.950 bits per heavy atom. The summed E-state index contributed by atoms with van der Waals surface area (Å²) in [6.07, 6.45) is 0. The van der Waals surface area contributed by atoms with Gasteiger partial charge >= 0.3 is 7.12 Å². The number of benzene rings is 2. The van der Waals surface area contributed by atoms with Gasteiger partial charge in [-0.05, 0) is 23.7 Å². The minimum absolute atomic E-state index is 0.000729. The highest BCUT2D eigenvalue weighted by Gasteiger charge is 2.14. The first-order valence-electron chi connectivity index (χ1n) is 5.69. The van der Waals surface area contributed by atoms with Gasteiger partial charge in [0.05, 0.1) is 0 Å². The molecule has 3 nitrogen and oxygen atoms in total. The minimum Gasteiger partial charge on any atom is -0.486 e. The second kappa shape index (κ2) is 5.98. The quantitative estimate of drug-likeness (QED) is 0.832. The standard InChI is InChI=1S/C13H10BF3O3/c15-10-3-4-13(12(17)6-10)20-7-8-1-2-9(14(18)19)5-11(8)16/h1-6,18-19H,7H2. The molecule has 0 aliphatic carbocycles. The van der Waals surface area contributed by atoms with Crippen LogP contribution < -0.4 is 10.2 Å². The Morgan fingerprint density at radius 3 is 2.30 bits per heavy atom. The van der Waals surface area contributed by atoms with Crippen LogP contribution >= 0.6 is 0 Å². The lowest BCUT2D eigenvalue weighted by molar-refractivity contribution is 0.284. The molecule has 0 fully saturated rings. The fraction of sp³-hybridized carbons (Fsp3) is 0.0769. The molecule has 2 aromatic carbocycles. The van der Waals surface area contributed by atoms with Crippen LogP contribution in [0.3, 0.4) is 0 Å². The third kappa shape index (κ3) is 3.31. The van der Waals surface area contributed by atoms with Gasteiger partial charge in [-0.25, -0.2) is 13.2 Å². The summed E-state index contributed by atoms with van der Waals surface area (Å²) in [7, 11) is -1.77. The molecule has 0 amide bonds. The minimum atomic E-state index is -1.77. The first-order valence-corrected chi connectivity index (χ1v) is 5.69. The van der Waals surface area contributed by atoms with E-state index in [-0.39, 0.29) is 23.4 Å². The van der Waals surface area contributed by atoms with Crippen molar-refractivity contribution in [2.75, 3.05) is 0 Å². The van der Waals surface area contributed by atoms with E-state index in [0.717, 1.165) is 18.2 Å². The molecule has 0 spiro atoms. The highest BCUT2D eigenvalue weighted by atomic mass is 19.1. The van der Waals surface area contributed by atoms with E-state index in [1.54, 1.807) is 0 Å². The summed E-state index contributed by atoms with van der Waals surface area (Å²) in [5, 5.41) is 17.8. The maximum atomic E-state index is 13.6. The zero-order valence-corrected chi connectivity index (χ0v) is 10.2. The number of hydrogen-bond acceptors (Lipinski definition) is 3. The van der Waals surface area contributed by atoms with E-state index in [0.29, 0.717) is 6.07 Å². The highest BCUT2D eigenvalue weighted by molar-refractivity contribution is 6.58. The molecule has 0 saturated heterocycles. The predicted molar refractivity (Wildman–Crippen MR) is 66.9 cm³/mol. The van der Waals surface area contributed by atoms with Crippen molar-refractivity contribution >= 4 is 12.6 Å². The smallest absolute Gasteiger partial charge is 0.486 e. The van der Waals surface area contributed by atoms with Gasteiger partial charge in [0, 0.05) is 11.6 Å². The van der Waals surface area contributed by atoms with Crippen molar-refractivity contribution in [2.45, 2.75) is 6.61 Å². The van der Waals surface area contributed by atoms with Crippen LogP contribution in [-0.2, 0) is 6.61 Å². The van der Waals surface area contributed by atoms with Gasteiger partial charge in [-0.3, -0.25) is 0 Å². The maximum Gasteiger partial charge on any atom is 0.488 e. The van der Waals surface area contributed by atoms with Gasteiger partial charge in [-0.15, -0.1) is 0 Å². The molecule has 0 radical (unpaired) electrons. The molecule has 0 aromatic heterocycles. The Morgan fingerprint density at radius 2 is 1.70 bits per heavy atom. The molecule has 20 heavy (non-hydrogen) atoms. The number of rotatable bonds is 4. The Hall–Kier alpha value is -1.99. The summed E-state index contributed by atoms with van der Waals surface area (Å²) in [4.78, 5) is 0. The van der Waals surface area contributed by atoms with E-state index >= 15 is 0 Å². The zero-order chi connectivity index (χ0) is 14.7. The normalized spacial score (nSPS) is 10.4. The van der Waals surface area contributed by atoms with Gasteiger partial charge < -0.3 is 14.8 Å². The molecule has 0 aliphatic heterocycles. The topological polar surface area (TPSA) is 49.7 Å². The molecule has 0 aliphatic rings. The Bertz CT molecular complexity index is 620. The second-order valence-corrected chi connectivity index (χ2v) is 4.09. The molecule has 0 unspecified atom stereocenters. The molecular formula is C13H10BF3O3. The average Bonchev–Trinajstić information content (AvgIpc) is 2.38. The van der Waals surface area contributed by atoms with Crippen LogP contribution in [-0.4, -0.2) is 17.2 Å². The van der Waals surface area contributed by atoms with Crippen LogP contribution in [0.1, 0.15) is 5.56 Å². The van der Waals surface area contributed by atoms with Crippen LogP contribution in [0, 0.1) is 17.5 Å². The molecular weight excluding hydrogens is 272 g/mol. The third-order valence-electron chi connectivity index (χ3n) is 2.65. The lowest BCUT2D eigenvalue weighted by Gasteiger charge is -2.09. The van der Waals surface area contributed by atoms with Crippen molar-refractivity contribution in [1.82, 2.24) is 0 Å². The zero-order valence-electron chi connectivity index (χ0n) is 10.2. The molecule has 0 heterocycles. The summed E-state index contributed by atoms with van der Waals surface area (Å²) in [5.74, 6) is -2.52. The lowest BCUT2D eigenvalue weighted by atomic mass is 9.80. The lowest BCUT2D eigenvalue weighted by Crippen LogP contribution is -2.30. The first-order chi connectivity index (χ1) is 9.47. The highest BCUT2D eigenvalue weighted by Crippen LogP contribution is 2.19. The second-order valence-electron chi connectivity index (χ2n) is 4.09. The number of hydrogen-bond donors (Lipinski definition) is 2. The van der Waals surface area contributed by atoms with Gasteiger partial charge in [-0.1, -0.05) is 12.1 Å².